The largest absolute Gasteiger partial charge is 0.490 e. The first-order valence-corrected chi connectivity index (χ1v) is 7.24. The molecule has 23 heavy (non-hydrogen) atoms. The fraction of sp³-hybridized carbons (Fsp3) is 0.235. The summed E-state index contributed by atoms with van der Waals surface area (Å²) in [7, 11) is 0. The highest BCUT2D eigenvalue weighted by Crippen LogP contribution is 2.31. The van der Waals surface area contributed by atoms with Gasteiger partial charge in [0.2, 0.25) is 0 Å². The Morgan fingerprint density at radius 3 is 2.65 bits per heavy atom. The van der Waals surface area contributed by atoms with Gasteiger partial charge in [-0.25, -0.2) is 4.79 Å². The molecule has 0 aromatic heterocycles. The molecular formula is C17H17NO5. The van der Waals surface area contributed by atoms with Crippen molar-refractivity contribution in [3.63, 3.8) is 0 Å². The van der Waals surface area contributed by atoms with Crippen molar-refractivity contribution in [2.24, 2.45) is 5.73 Å². The van der Waals surface area contributed by atoms with E-state index in [1.807, 2.05) is 24.3 Å². The van der Waals surface area contributed by atoms with Gasteiger partial charge in [0.05, 0.1) is 6.04 Å². The highest BCUT2D eigenvalue weighted by atomic mass is 17.2. The van der Waals surface area contributed by atoms with Gasteiger partial charge in [0.1, 0.15) is 12.4 Å². The maximum Gasteiger partial charge on any atom is 0.375 e. The van der Waals surface area contributed by atoms with Crippen LogP contribution in [0.15, 0.2) is 54.6 Å². The highest BCUT2D eigenvalue weighted by Gasteiger charge is 2.31. The molecule has 1 heterocycles. The van der Waals surface area contributed by atoms with Crippen LogP contribution in [0.1, 0.15) is 23.3 Å². The zero-order valence-corrected chi connectivity index (χ0v) is 12.3. The van der Waals surface area contributed by atoms with E-state index in [1.165, 1.54) is 0 Å². The number of para-hydroxylation sites is 1. The molecule has 120 valence electrons. The second kappa shape index (κ2) is 6.78. The monoisotopic (exact) mass is 315 g/mol. The summed E-state index contributed by atoms with van der Waals surface area (Å²) in [6.45, 7) is 0.160. The molecule has 0 unspecified atom stereocenters. The minimum atomic E-state index is -1.41. The molecule has 3 rings (SSSR count). The standard InChI is InChI=1S/C17H17NO5/c18-15-12-8-4-5-9-13(12)21-10-14(15)22-23-17(20)16(19)11-6-2-1-3-7-11/h1-9,14-16,19H,10,18H2/t14-,15+,16+/m1/s1. The van der Waals surface area contributed by atoms with Crippen molar-refractivity contribution in [1.82, 2.24) is 0 Å². The smallest absolute Gasteiger partial charge is 0.375 e. The van der Waals surface area contributed by atoms with Crippen LogP contribution in [0.5, 0.6) is 5.75 Å². The van der Waals surface area contributed by atoms with Crippen molar-refractivity contribution in [3.8, 4) is 5.75 Å². The summed E-state index contributed by atoms with van der Waals surface area (Å²) in [6.07, 6.45) is -2.05. The minimum Gasteiger partial charge on any atom is -0.490 e. The first kappa shape index (κ1) is 15.5. The zero-order chi connectivity index (χ0) is 16.2. The van der Waals surface area contributed by atoms with Crippen LogP contribution in [-0.2, 0) is 14.6 Å². The first-order chi connectivity index (χ1) is 11.2. The number of carbonyl (C=O) groups is 1. The molecule has 0 aliphatic carbocycles. The normalized spacial score (nSPS) is 21.0. The molecule has 2 aromatic rings. The number of nitrogens with two attached hydrogens (primary N) is 1. The molecule has 1 aliphatic heterocycles. The predicted molar refractivity (Wildman–Crippen MR) is 81.2 cm³/mol. The van der Waals surface area contributed by atoms with Gasteiger partial charge < -0.3 is 15.6 Å². The van der Waals surface area contributed by atoms with Crippen LogP contribution in [0.3, 0.4) is 0 Å². The molecule has 0 bridgehead atoms. The Balaban J connectivity index is 1.60. The molecular weight excluding hydrogens is 298 g/mol. The molecule has 3 atom stereocenters. The minimum absolute atomic E-state index is 0.160. The number of benzene rings is 2. The van der Waals surface area contributed by atoms with Crippen molar-refractivity contribution in [2.75, 3.05) is 6.61 Å². The Labute approximate surface area is 133 Å². The lowest BCUT2D eigenvalue weighted by Gasteiger charge is -2.29. The molecule has 2 aromatic carbocycles. The van der Waals surface area contributed by atoms with E-state index in [0.29, 0.717) is 11.3 Å². The number of hydrogen-bond donors (Lipinski definition) is 2. The number of aliphatic hydroxyl groups is 1. The average Bonchev–Trinajstić information content (AvgIpc) is 2.61. The number of rotatable bonds is 4. The maximum atomic E-state index is 11.9. The van der Waals surface area contributed by atoms with Crippen LogP contribution in [0.4, 0.5) is 0 Å². The molecule has 6 nitrogen and oxygen atoms in total. The second-order valence-corrected chi connectivity index (χ2v) is 5.22. The lowest BCUT2D eigenvalue weighted by atomic mass is 9.99. The lowest BCUT2D eigenvalue weighted by Crippen LogP contribution is -2.38. The van der Waals surface area contributed by atoms with Crippen molar-refractivity contribution in [2.45, 2.75) is 18.2 Å². The third-order valence-electron chi connectivity index (χ3n) is 3.67. The number of aliphatic hydroxyl groups excluding tert-OH is 1. The summed E-state index contributed by atoms with van der Waals surface area (Å²) in [5.41, 5.74) is 7.31. The number of fused-ring (bicyclic) bond motifs is 1. The molecule has 6 heteroatoms. The van der Waals surface area contributed by atoms with Crippen LogP contribution >= 0.6 is 0 Å². The van der Waals surface area contributed by atoms with E-state index in [2.05, 4.69) is 0 Å². The SMILES string of the molecule is N[C@H]1c2ccccc2OC[C@H]1OOC(=O)[C@@H](O)c1ccccc1. The van der Waals surface area contributed by atoms with Crippen LogP contribution in [0.25, 0.3) is 0 Å². The van der Waals surface area contributed by atoms with Crippen LogP contribution in [0.2, 0.25) is 0 Å². The second-order valence-electron chi connectivity index (χ2n) is 5.22. The maximum absolute atomic E-state index is 11.9. The van der Waals surface area contributed by atoms with E-state index in [4.69, 9.17) is 20.2 Å². The van der Waals surface area contributed by atoms with Gasteiger partial charge in [-0.3, -0.25) is 4.89 Å². The van der Waals surface area contributed by atoms with Crippen molar-refractivity contribution in [3.05, 3.63) is 65.7 Å². The highest BCUT2D eigenvalue weighted by molar-refractivity contribution is 5.75. The molecule has 3 N–H and O–H groups in total. The fourth-order valence-corrected chi connectivity index (χ4v) is 2.38. The van der Waals surface area contributed by atoms with E-state index in [1.54, 1.807) is 30.3 Å². The van der Waals surface area contributed by atoms with Gasteiger partial charge in [-0.05, 0) is 11.6 Å². The molecule has 1 aliphatic rings. The Bertz CT molecular complexity index is 676. The van der Waals surface area contributed by atoms with Gasteiger partial charge in [0.25, 0.3) is 0 Å². The molecule has 0 amide bonds. The molecule has 0 fully saturated rings. The van der Waals surface area contributed by atoms with E-state index in [-0.39, 0.29) is 6.61 Å². The number of carbonyl (C=O) groups excluding carboxylic acids is 1. The van der Waals surface area contributed by atoms with Crippen molar-refractivity contribution >= 4 is 5.97 Å². The van der Waals surface area contributed by atoms with E-state index in [9.17, 15) is 9.90 Å². The van der Waals surface area contributed by atoms with Gasteiger partial charge in [0, 0.05) is 5.56 Å². The van der Waals surface area contributed by atoms with E-state index >= 15 is 0 Å². The van der Waals surface area contributed by atoms with Gasteiger partial charge in [-0.15, -0.1) is 0 Å². The van der Waals surface area contributed by atoms with Gasteiger partial charge in [-0.2, -0.15) is 4.89 Å². The zero-order valence-electron chi connectivity index (χ0n) is 12.3. The van der Waals surface area contributed by atoms with Gasteiger partial charge in [-0.1, -0.05) is 48.5 Å². The predicted octanol–water partition coefficient (Wildman–Crippen LogP) is 1.66. The van der Waals surface area contributed by atoms with Gasteiger partial charge in [0.15, 0.2) is 12.2 Å². The van der Waals surface area contributed by atoms with Crippen LogP contribution in [-0.4, -0.2) is 23.8 Å². The van der Waals surface area contributed by atoms with E-state index in [0.717, 1.165) is 5.56 Å². The topological polar surface area (TPSA) is 91.0 Å². The quantitative estimate of drug-likeness (QED) is 0.658. The third-order valence-corrected chi connectivity index (χ3v) is 3.67. The fourth-order valence-electron chi connectivity index (χ4n) is 2.38. The molecule has 0 radical (unpaired) electrons. The molecule has 0 saturated carbocycles. The summed E-state index contributed by atoms with van der Waals surface area (Å²) in [5.74, 6) is -0.210. The van der Waals surface area contributed by atoms with Crippen molar-refractivity contribution in [1.29, 1.82) is 0 Å². The summed E-state index contributed by atoms with van der Waals surface area (Å²) in [4.78, 5) is 21.7. The van der Waals surface area contributed by atoms with Crippen LogP contribution in [0, 0.1) is 0 Å². The summed E-state index contributed by atoms with van der Waals surface area (Å²) >= 11 is 0. The third kappa shape index (κ3) is 3.34. The Kier molecular flexibility index (Phi) is 4.57. The Morgan fingerprint density at radius 1 is 1.17 bits per heavy atom. The number of hydrogen-bond acceptors (Lipinski definition) is 6. The summed E-state index contributed by atoms with van der Waals surface area (Å²) in [6, 6.07) is 15.3. The Hall–Kier alpha value is -2.41. The molecule has 0 spiro atoms. The summed E-state index contributed by atoms with van der Waals surface area (Å²) < 4.78 is 5.53. The first-order valence-electron chi connectivity index (χ1n) is 7.24. The van der Waals surface area contributed by atoms with E-state index < -0.39 is 24.2 Å². The summed E-state index contributed by atoms with van der Waals surface area (Å²) in [5, 5.41) is 9.93. The molecule has 0 saturated heterocycles. The van der Waals surface area contributed by atoms with Crippen molar-refractivity contribution < 1.29 is 24.4 Å². The average molecular weight is 315 g/mol. The van der Waals surface area contributed by atoms with Gasteiger partial charge >= 0.3 is 5.97 Å². The number of ether oxygens (including phenoxy) is 1. The lowest BCUT2D eigenvalue weighted by molar-refractivity contribution is -0.311. The Morgan fingerprint density at radius 2 is 1.87 bits per heavy atom. The van der Waals surface area contributed by atoms with Crippen LogP contribution < -0.4 is 10.5 Å².